The molecule has 2 aromatic carbocycles. The number of aromatic nitrogens is 1. The highest BCUT2D eigenvalue weighted by atomic mass is 19.4. The number of benzene rings is 2. The molecule has 5 nitrogen and oxygen atoms in total. The number of nitrogens with zero attached hydrogens (tertiary/aromatic N) is 1. The molecule has 0 saturated carbocycles. The molecule has 11 heteroatoms. The molecule has 0 saturated heterocycles. The predicted molar refractivity (Wildman–Crippen MR) is 109 cm³/mol. The molecule has 34 heavy (non-hydrogen) atoms. The average Bonchev–Trinajstić information content (AvgIpc) is 3.15. The fourth-order valence-corrected chi connectivity index (χ4v) is 3.65. The first kappa shape index (κ1) is 23.3. The van der Waals surface area contributed by atoms with Gasteiger partial charge in [-0.25, -0.2) is 0 Å². The summed E-state index contributed by atoms with van der Waals surface area (Å²) in [5.74, 6) is -1.05. The maximum Gasteiger partial charge on any atom is 0.418 e. The van der Waals surface area contributed by atoms with Gasteiger partial charge in [-0.05, 0) is 53.6 Å². The maximum absolute atomic E-state index is 13.7. The van der Waals surface area contributed by atoms with Gasteiger partial charge in [0.25, 0.3) is 5.91 Å². The summed E-state index contributed by atoms with van der Waals surface area (Å²) < 4.78 is 79.9. The number of nitrogens with one attached hydrogen (secondary N) is 2. The quantitative estimate of drug-likeness (QED) is 0.510. The molecule has 0 aliphatic carbocycles. The van der Waals surface area contributed by atoms with E-state index in [2.05, 4.69) is 15.6 Å². The van der Waals surface area contributed by atoms with E-state index in [0.717, 1.165) is 42.6 Å². The smallest absolute Gasteiger partial charge is 0.340 e. The van der Waals surface area contributed by atoms with Crippen molar-refractivity contribution in [3.8, 4) is 0 Å². The second kappa shape index (κ2) is 8.47. The molecule has 1 aliphatic heterocycles. The van der Waals surface area contributed by atoms with Crippen molar-refractivity contribution >= 4 is 17.5 Å². The maximum atomic E-state index is 13.7. The van der Waals surface area contributed by atoms with Gasteiger partial charge in [-0.1, -0.05) is 12.1 Å². The SMILES string of the molecule is O=C1Cc2cc(C(=O)NC(c3ccc(C(F)(F)F)cc3)c3ncccc3C(F)(F)F)ccc2N1. The van der Waals surface area contributed by atoms with E-state index in [1.807, 2.05) is 0 Å². The molecule has 0 radical (unpaired) electrons. The monoisotopic (exact) mass is 479 g/mol. The number of pyridine rings is 1. The van der Waals surface area contributed by atoms with Crippen LogP contribution in [0, 0.1) is 0 Å². The molecule has 2 heterocycles. The van der Waals surface area contributed by atoms with Gasteiger partial charge >= 0.3 is 12.4 Å². The van der Waals surface area contributed by atoms with Crippen LogP contribution in [0.25, 0.3) is 0 Å². The standard InChI is InChI=1S/C23H15F6N3O2/c24-22(25,26)15-6-3-12(4-7-15)19(20-16(23(27,28)29)2-1-9-30-20)32-21(34)13-5-8-17-14(10-13)11-18(33)31-17/h1-10,19H,11H2,(H,31,33)(H,32,34). The third-order valence-electron chi connectivity index (χ3n) is 5.26. The molecule has 2 N–H and O–H groups in total. The van der Waals surface area contributed by atoms with Crippen molar-refractivity contribution in [2.24, 2.45) is 0 Å². The zero-order chi connectivity index (χ0) is 24.7. The Balaban J connectivity index is 1.74. The summed E-state index contributed by atoms with van der Waals surface area (Å²) in [5.41, 5.74) is -1.60. The Bertz CT molecular complexity index is 1250. The fourth-order valence-electron chi connectivity index (χ4n) is 3.65. The first-order valence-electron chi connectivity index (χ1n) is 9.86. The Morgan fingerprint density at radius 2 is 1.68 bits per heavy atom. The van der Waals surface area contributed by atoms with E-state index in [4.69, 9.17) is 0 Å². The molecule has 3 aromatic rings. The molecule has 0 fully saturated rings. The predicted octanol–water partition coefficient (Wildman–Crippen LogP) is 5.13. The lowest BCUT2D eigenvalue weighted by molar-refractivity contribution is -0.139. The van der Waals surface area contributed by atoms with Crippen LogP contribution in [0.4, 0.5) is 32.0 Å². The minimum absolute atomic E-state index is 0.0245. The van der Waals surface area contributed by atoms with Crippen molar-refractivity contribution in [1.82, 2.24) is 10.3 Å². The highest BCUT2D eigenvalue weighted by Gasteiger charge is 2.37. The Labute approximate surface area is 188 Å². The van der Waals surface area contributed by atoms with Crippen molar-refractivity contribution in [1.29, 1.82) is 0 Å². The van der Waals surface area contributed by atoms with Gasteiger partial charge in [-0.2, -0.15) is 26.3 Å². The van der Waals surface area contributed by atoms with Crippen molar-refractivity contribution < 1.29 is 35.9 Å². The van der Waals surface area contributed by atoms with Crippen LogP contribution in [0.3, 0.4) is 0 Å². The number of carbonyl (C=O) groups is 2. The van der Waals surface area contributed by atoms with Gasteiger partial charge < -0.3 is 10.6 Å². The number of hydrogen-bond donors (Lipinski definition) is 2. The van der Waals surface area contributed by atoms with Gasteiger partial charge in [0.05, 0.1) is 29.3 Å². The third-order valence-corrected chi connectivity index (χ3v) is 5.26. The molecule has 1 aliphatic rings. The van der Waals surface area contributed by atoms with Crippen molar-refractivity contribution in [3.63, 3.8) is 0 Å². The van der Waals surface area contributed by atoms with Crippen LogP contribution in [-0.2, 0) is 23.6 Å². The summed E-state index contributed by atoms with van der Waals surface area (Å²) in [6, 6.07) is 8.07. The number of anilines is 1. The number of halogens is 6. The van der Waals surface area contributed by atoms with Crippen LogP contribution < -0.4 is 10.6 Å². The highest BCUT2D eigenvalue weighted by molar-refractivity contribution is 6.01. The zero-order valence-electron chi connectivity index (χ0n) is 17.1. The van der Waals surface area contributed by atoms with Crippen LogP contribution >= 0.6 is 0 Å². The second-order valence-electron chi connectivity index (χ2n) is 7.56. The number of alkyl halides is 6. The van der Waals surface area contributed by atoms with Crippen LogP contribution in [0.1, 0.15) is 44.3 Å². The summed E-state index contributed by atoms with van der Waals surface area (Å²) in [4.78, 5) is 28.3. The van der Waals surface area contributed by atoms with E-state index in [-0.39, 0.29) is 23.5 Å². The summed E-state index contributed by atoms with van der Waals surface area (Å²) in [7, 11) is 0. The van der Waals surface area contributed by atoms with Crippen LogP contribution in [0.5, 0.6) is 0 Å². The molecule has 176 valence electrons. The average molecular weight is 479 g/mol. The topological polar surface area (TPSA) is 71.1 Å². The molecule has 0 spiro atoms. The minimum Gasteiger partial charge on any atom is -0.340 e. The molecular formula is C23H15F6N3O2. The molecule has 1 unspecified atom stereocenters. The number of carbonyl (C=O) groups excluding carboxylic acids is 2. The lowest BCUT2D eigenvalue weighted by Crippen LogP contribution is -2.31. The van der Waals surface area contributed by atoms with Gasteiger partial charge in [0.2, 0.25) is 5.91 Å². The van der Waals surface area contributed by atoms with E-state index in [1.54, 1.807) is 0 Å². The summed E-state index contributed by atoms with van der Waals surface area (Å²) >= 11 is 0. The van der Waals surface area contributed by atoms with Crippen molar-refractivity contribution in [3.05, 3.63) is 94.3 Å². The summed E-state index contributed by atoms with van der Waals surface area (Å²) in [5, 5.41) is 5.05. The molecule has 1 aromatic heterocycles. The molecule has 0 bridgehead atoms. The lowest BCUT2D eigenvalue weighted by atomic mass is 9.97. The number of fused-ring (bicyclic) bond motifs is 1. The Morgan fingerprint density at radius 1 is 0.971 bits per heavy atom. The number of amides is 2. The number of hydrogen-bond acceptors (Lipinski definition) is 3. The molecular weight excluding hydrogens is 464 g/mol. The fraction of sp³-hybridized carbons (Fsp3) is 0.174. The van der Waals surface area contributed by atoms with E-state index < -0.39 is 41.1 Å². The van der Waals surface area contributed by atoms with Crippen molar-refractivity contribution in [2.75, 3.05) is 5.32 Å². The van der Waals surface area contributed by atoms with Crippen molar-refractivity contribution in [2.45, 2.75) is 24.8 Å². The Hall–Kier alpha value is -3.89. The molecule has 2 amide bonds. The van der Waals surface area contributed by atoms with Crippen LogP contribution in [0.15, 0.2) is 60.8 Å². The van der Waals surface area contributed by atoms with Gasteiger partial charge in [0.1, 0.15) is 0 Å². The molecule has 4 rings (SSSR count). The second-order valence-corrected chi connectivity index (χ2v) is 7.56. The Kier molecular flexibility index (Phi) is 5.80. The van der Waals surface area contributed by atoms with E-state index in [0.29, 0.717) is 11.3 Å². The zero-order valence-corrected chi connectivity index (χ0v) is 17.1. The van der Waals surface area contributed by atoms with Gasteiger partial charge in [-0.15, -0.1) is 0 Å². The molecule has 1 atom stereocenters. The van der Waals surface area contributed by atoms with E-state index in [9.17, 15) is 35.9 Å². The van der Waals surface area contributed by atoms with E-state index in [1.165, 1.54) is 18.2 Å². The van der Waals surface area contributed by atoms with Crippen LogP contribution in [0.2, 0.25) is 0 Å². The van der Waals surface area contributed by atoms with Gasteiger partial charge in [0.15, 0.2) is 0 Å². The van der Waals surface area contributed by atoms with Gasteiger partial charge in [0, 0.05) is 17.4 Å². The highest BCUT2D eigenvalue weighted by Crippen LogP contribution is 2.37. The van der Waals surface area contributed by atoms with Crippen LogP contribution in [-0.4, -0.2) is 16.8 Å². The minimum atomic E-state index is -4.82. The summed E-state index contributed by atoms with van der Waals surface area (Å²) in [6.45, 7) is 0. The normalized spacial score (nSPS) is 14.4. The van der Waals surface area contributed by atoms with E-state index >= 15 is 0 Å². The third kappa shape index (κ3) is 4.73. The van der Waals surface area contributed by atoms with Gasteiger partial charge in [-0.3, -0.25) is 14.6 Å². The summed E-state index contributed by atoms with van der Waals surface area (Å²) in [6.07, 6.45) is -8.33. The first-order chi connectivity index (χ1) is 15.9. The Morgan fingerprint density at radius 3 is 2.32 bits per heavy atom. The number of rotatable bonds is 4. The largest absolute Gasteiger partial charge is 0.418 e. The lowest BCUT2D eigenvalue weighted by Gasteiger charge is -2.23. The first-order valence-corrected chi connectivity index (χ1v) is 9.86.